The molecule has 3 nitrogen and oxygen atoms in total. The monoisotopic (exact) mass is 178 g/mol. The summed E-state index contributed by atoms with van der Waals surface area (Å²) >= 11 is 0. The zero-order chi connectivity index (χ0) is 9.52. The lowest BCUT2D eigenvalue weighted by Gasteiger charge is -2.15. The predicted molar refractivity (Wildman–Crippen MR) is 49.9 cm³/mol. The SMILES string of the molecule is CCCN(CC#N)Cc1ccco1. The molecular formula is C10H14N2O. The van der Waals surface area contributed by atoms with E-state index >= 15 is 0 Å². The Morgan fingerprint density at radius 3 is 3.00 bits per heavy atom. The Morgan fingerprint density at radius 2 is 2.46 bits per heavy atom. The highest BCUT2D eigenvalue weighted by Gasteiger charge is 2.05. The fourth-order valence-corrected chi connectivity index (χ4v) is 1.25. The molecule has 0 aliphatic rings. The van der Waals surface area contributed by atoms with Crippen molar-refractivity contribution in [3.8, 4) is 6.07 Å². The molecule has 3 heteroatoms. The summed E-state index contributed by atoms with van der Waals surface area (Å²) in [6.45, 7) is 4.24. The molecule has 0 radical (unpaired) electrons. The Balaban J connectivity index is 2.43. The van der Waals surface area contributed by atoms with Crippen molar-refractivity contribution in [2.24, 2.45) is 0 Å². The normalized spacial score (nSPS) is 10.2. The Kier molecular flexibility index (Phi) is 4.07. The van der Waals surface area contributed by atoms with Gasteiger partial charge in [0, 0.05) is 0 Å². The van der Waals surface area contributed by atoms with E-state index in [0.29, 0.717) is 6.54 Å². The second-order valence-electron chi connectivity index (χ2n) is 2.95. The van der Waals surface area contributed by atoms with Crippen molar-refractivity contribution >= 4 is 0 Å². The third-order valence-electron chi connectivity index (χ3n) is 1.79. The molecule has 0 unspecified atom stereocenters. The fourth-order valence-electron chi connectivity index (χ4n) is 1.25. The molecule has 1 rings (SSSR count). The highest BCUT2D eigenvalue weighted by atomic mass is 16.3. The maximum Gasteiger partial charge on any atom is 0.117 e. The van der Waals surface area contributed by atoms with Gasteiger partial charge in [0.25, 0.3) is 0 Å². The molecule has 0 aliphatic carbocycles. The molecule has 0 atom stereocenters. The Labute approximate surface area is 78.6 Å². The number of hydrogen-bond donors (Lipinski definition) is 0. The van der Waals surface area contributed by atoms with Crippen LogP contribution in [0.2, 0.25) is 0 Å². The zero-order valence-electron chi connectivity index (χ0n) is 7.86. The molecule has 13 heavy (non-hydrogen) atoms. The van der Waals surface area contributed by atoms with Crippen molar-refractivity contribution in [2.75, 3.05) is 13.1 Å². The van der Waals surface area contributed by atoms with Crippen LogP contribution < -0.4 is 0 Å². The molecule has 0 aliphatic heterocycles. The highest BCUT2D eigenvalue weighted by Crippen LogP contribution is 2.05. The van der Waals surface area contributed by atoms with Gasteiger partial charge in [-0.05, 0) is 25.1 Å². The van der Waals surface area contributed by atoms with Crippen LogP contribution in [-0.2, 0) is 6.54 Å². The van der Waals surface area contributed by atoms with E-state index < -0.39 is 0 Å². The molecule has 0 spiro atoms. The van der Waals surface area contributed by atoms with Crippen LogP contribution >= 0.6 is 0 Å². The summed E-state index contributed by atoms with van der Waals surface area (Å²) in [5, 5.41) is 8.57. The van der Waals surface area contributed by atoms with Crippen LogP contribution in [0.15, 0.2) is 22.8 Å². The van der Waals surface area contributed by atoms with Crippen molar-refractivity contribution in [2.45, 2.75) is 19.9 Å². The van der Waals surface area contributed by atoms with E-state index in [-0.39, 0.29) is 0 Å². The Morgan fingerprint density at radius 1 is 1.62 bits per heavy atom. The van der Waals surface area contributed by atoms with Gasteiger partial charge in [-0.1, -0.05) is 6.92 Å². The summed E-state index contributed by atoms with van der Waals surface area (Å²) in [5.41, 5.74) is 0. The van der Waals surface area contributed by atoms with Gasteiger partial charge >= 0.3 is 0 Å². The van der Waals surface area contributed by atoms with Gasteiger partial charge in [-0.2, -0.15) is 5.26 Å². The average molecular weight is 178 g/mol. The molecular weight excluding hydrogens is 164 g/mol. The topological polar surface area (TPSA) is 40.2 Å². The lowest BCUT2D eigenvalue weighted by atomic mass is 10.3. The van der Waals surface area contributed by atoms with Crippen molar-refractivity contribution in [3.63, 3.8) is 0 Å². The van der Waals surface area contributed by atoms with Crippen molar-refractivity contribution in [1.29, 1.82) is 5.26 Å². The van der Waals surface area contributed by atoms with Crippen LogP contribution in [0.1, 0.15) is 19.1 Å². The van der Waals surface area contributed by atoms with Crippen LogP contribution in [0.4, 0.5) is 0 Å². The Bertz CT molecular complexity index is 261. The van der Waals surface area contributed by atoms with E-state index in [4.69, 9.17) is 9.68 Å². The van der Waals surface area contributed by atoms with Gasteiger partial charge in [0.05, 0.1) is 25.4 Å². The minimum absolute atomic E-state index is 0.467. The smallest absolute Gasteiger partial charge is 0.117 e. The summed E-state index contributed by atoms with van der Waals surface area (Å²) in [4.78, 5) is 2.07. The van der Waals surface area contributed by atoms with Crippen LogP contribution in [0.3, 0.4) is 0 Å². The number of hydrogen-bond acceptors (Lipinski definition) is 3. The minimum Gasteiger partial charge on any atom is -0.468 e. The Hall–Kier alpha value is -1.27. The summed E-state index contributed by atoms with van der Waals surface area (Å²) in [5.74, 6) is 0.920. The van der Waals surface area contributed by atoms with E-state index in [1.807, 2.05) is 12.1 Å². The van der Waals surface area contributed by atoms with Gasteiger partial charge in [-0.25, -0.2) is 0 Å². The van der Waals surface area contributed by atoms with Gasteiger partial charge in [0.1, 0.15) is 5.76 Å². The molecule has 0 N–H and O–H groups in total. The van der Waals surface area contributed by atoms with Crippen LogP contribution in [0.25, 0.3) is 0 Å². The van der Waals surface area contributed by atoms with Crippen molar-refractivity contribution in [3.05, 3.63) is 24.2 Å². The van der Waals surface area contributed by atoms with E-state index in [9.17, 15) is 0 Å². The first-order valence-electron chi connectivity index (χ1n) is 4.48. The summed E-state index contributed by atoms with van der Waals surface area (Å²) in [6, 6.07) is 5.95. The van der Waals surface area contributed by atoms with Gasteiger partial charge < -0.3 is 4.42 Å². The van der Waals surface area contributed by atoms with E-state index in [1.165, 1.54) is 0 Å². The second-order valence-corrected chi connectivity index (χ2v) is 2.95. The lowest BCUT2D eigenvalue weighted by Crippen LogP contribution is -2.24. The molecule has 0 aromatic carbocycles. The third kappa shape index (κ3) is 3.30. The standard InChI is InChI=1S/C10H14N2O/c1-2-6-12(7-5-11)9-10-4-3-8-13-10/h3-4,8H,2,6-7,9H2,1H3. The molecule has 1 heterocycles. The van der Waals surface area contributed by atoms with Crippen molar-refractivity contribution in [1.82, 2.24) is 4.90 Å². The van der Waals surface area contributed by atoms with Crippen LogP contribution in [0.5, 0.6) is 0 Å². The first-order valence-corrected chi connectivity index (χ1v) is 4.48. The van der Waals surface area contributed by atoms with Crippen LogP contribution in [0, 0.1) is 11.3 Å². The molecule has 0 fully saturated rings. The molecule has 0 saturated carbocycles. The number of nitriles is 1. The van der Waals surface area contributed by atoms with E-state index in [0.717, 1.165) is 25.3 Å². The third-order valence-corrected chi connectivity index (χ3v) is 1.79. The van der Waals surface area contributed by atoms with Gasteiger partial charge in [0.2, 0.25) is 0 Å². The molecule has 0 bridgehead atoms. The van der Waals surface area contributed by atoms with Crippen molar-refractivity contribution < 1.29 is 4.42 Å². The van der Waals surface area contributed by atoms with Gasteiger partial charge in [-0.3, -0.25) is 4.90 Å². The highest BCUT2D eigenvalue weighted by molar-refractivity contribution is 4.98. The fraction of sp³-hybridized carbons (Fsp3) is 0.500. The predicted octanol–water partition coefficient (Wildman–Crippen LogP) is 2.02. The molecule has 1 aromatic heterocycles. The lowest BCUT2D eigenvalue weighted by molar-refractivity contribution is 0.271. The number of nitrogens with zero attached hydrogens (tertiary/aromatic N) is 2. The molecule has 70 valence electrons. The van der Waals surface area contributed by atoms with Gasteiger partial charge in [0.15, 0.2) is 0 Å². The number of rotatable bonds is 5. The largest absolute Gasteiger partial charge is 0.468 e. The van der Waals surface area contributed by atoms with Gasteiger partial charge in [-0.15, -0.1) is 0 Å². The molecule has 0 amide bonds. The zero-order valence-corrected chi connectivity index (χ0v) is 7.86. The first kappa shape index (κ1) is 9.82. The average Bonchev–Trinajstić information content (AvgIpc) is 2.58. The quantitative estimate of drug-likeness (QED) is 0.647. The van der Waals surface area contributed by atoms with Crippen LogP contribution in [-0.4, -0.2) is 18.0 Å². The summed E-state index contributed by atoms with van der Waals surface area (Å²) in [6.07, 6.45) is 2.72. The van der Waals surface area contributed by atoms with E-state index in [1.54, 1.807) is 6.26 Å². The maximum atomic E-state index is 8.57. The first-order chi connectivity index (χ1) is 6.36. The maximum absolute atomic E-state index is 8.57. The van der Waals surface area contributed by atoms with E-state index in [2.05, 4.69) is 17.9 Å². The summed E-state index contributed by atoms with van der Waals surface area (Å²) in [7, 11) is 0. The second kappa shape index (κ2) is 5.39. The molecule has 0 saturated heterocycles. The molecule has 1 aromatic rings. The minimum atomic E-state index is 0.467. The summed E-state index contributed by atoms with van der Waals surface area (Å²) < 4.78 is 5.21. The number of furan rings is 1.